The lowest BCUT2D eigenvalue weighted by atomic mass is 10.4. The summed E-state index contributed by atoms with van der Waals surface area (Å²) in [6, 6.07) is 3.64. The maximum atomic E-state index is 5.43. The molecule has 0 fully saturated rings. The molecule has 1 aromatic rings. The molecule has 4 heteroatoms. The Morgan fingerprint density at radius 2 is 2.40 bits per heavy atom. The molecule has 0 aromatic carbocycles. The molecule has 0 unspecified atom stereocenters. The third-order valence-corrected chi connectivity index (χ3v) is 2.07. The molecule has 0 saturated carbocycles. The first-order valence-corrected chi connectivity index (χ1v) is 5.08. The standard InChI is InChI=1S/C11H11BrN2O/c1-3-4-9(13-2)8-15-10-5-6-11(12)14-7-10/h3-7H,1-2,8H2/b9-4-. The number of rotatable bonds is 5. The molecule has 0 aliphatic carbocycles. The molecule has 78 valence electrons. The smallest absolute Gasteiger partial charge is 0.138 e. The predicted octanol–water partition coefficient (Wildman–Crippen LogP) is 2.99. The zero-order valence-electron chi connectivity index (χ0n) is 8.19. The lowest BCUT2D eigenvalue weighted by molar-refractivity contribution is 0.349. The summed E-state index contributed by atoms with van der Waals surface area (Å²) in [6.07, 6.45) is 5.03. The number of hydrogen-bond donors (Lipinski definition) is 0. The first-order chi connectivity index (χ1) is 7.26. The molecule has 1 heterocycles. The summed E-state index contributed by atoms with van der Waals surface area (Å²) >= 11 is 3.24. The van der Waals surface area contributed by atoms with Crippen LogP contribution in [-0.2, 0) is 0 Å². The van der Waals surface area contributed by atoms with Crippen molar-refractivity contribution in [1.29, 1.82) is 0 Å². The highest BCUT2D eigenvalue weighted by molar-refractivity contribution is 9.10. The van der Waals surface area contributed by atoms with Crippen molar-refractivity contribution in [2.24, 2.45) is 4.99 Å². The van der Waals surface area contributed by atoms with Crippen LogP contribution in [0.1, 0.15) is 0 Å². The average Bonchev–Trinajstić information content (AvgIpc) is 2.26. The van der Waals surface area contributed by atoms with Gasteiger partial charge in [0.1, 0.15) is 17.0 Å². The maximum Gasteiger partial charge on any atom is 0.138 e. The predicted molar refractivity (Wildman–Crippen MR) is 65.3 cm³/mol. The van der Waals surface area contributed by atoms with Gasteiger partial charge in [0.05, 0.1) is 11.9 Å². The monoisotopic (exact) mass is 266 g/mol. The van der Waals surface area contributed by atoms with Gasteiger partial charge in [-0.05, 0) is 40.9 Å². The normalized spacial score (nSPS) is 10.9. The summed E-state index contributed by atoms with van der Waals surface area (Å²) < 4.78 is 6.21. The Morgan fingerprint density at radius 1 is 1.60 bits per heavy atom. The Hall–Kier alpha value is -1.42. The Bertz CT molecular complexity index is 371. The van der Waals surface area contributed by atoms with Crippen LogP contribution >= 0.6 is 15.9 Å². The number of hydrogen-bond acceptors (Lipinski definition) is 3. The van der Waals surface area contributed by atoms with E-state index in [1.54, 1.807) is 18.3 Å². The molecule has 0 amide bonds. The minimum Gasteiger partial charge on any atom is -0.486 e. The van der Waals surface area contributed by atoms with E-state index in [1.807, 2.05) is 12.1 Å². The highest BCUT2D eigenvalue weighted by Gasteiger charge is 1.96. The van der Waals surface area contributed by atoms with Crippen molar-refractivity contribution in [3.63, 3.8) is 0 Å². The number of aromatic nitrogens is 1. The van der Waals surface area contributed by atoms with Gasteiger partial charge in [-0.15, -0.1) is 0 Å². The van der Waals surface area contributed by atoms with Crippen molar-refractivity contribution in [3.8, 4) is 5.75 Å². The molecule has 1 aromatic heterocycles. The van der Waals surface area contributed by atoms with Crippen LogP contribution in [0.5, 0.6) is 5.75 Å². The van der Waals surface area contributed by atoms with Gasteiger partial charge in [0, 0.05) is 0 Å². The summed E-state index contributed by atoms with van der Waals surface area (Å²) in [5.74, 6) is 0.691. The fourth-order valence-corrected chi connectivity index (χ4v) is 1.12. The third-order valence-electron chi connectivity index (χ3n) is 1.60. The highest BCUT2D eigenvalue weighted by atomic mass is 79.9. The summed E-state index contributed by atoms with van der Waals surface area (Å²) in [5, 5.41) is 0. The quantitative estimate of drug-likeness (QED) is 0.467. The molecule has 0 aliphatic heterocycles. The lowest BCUT2D eigenvalue weighted by Gasteiger charge is -2.05. The second kappa shape index (κ2) is 6.14. The van der Waals surface area contributed by atoms with Gasteiger partial charge in [0.15, 0.2) is 0 Å². The van der Waals surface area contributed by atoms with Crippen molar-refractivity contribution in [2.45, 2.75) is 0 Å². The van der Waals surface area contributed by atoms with Crippen molar-refractivity contribution in [1.82, 2.24) is 4.98 Å². The van der Waals surface area contributed by atoms with Crippen LogP contribution in [0.3, 0.4) is 0 Å². The van der Waals surface area contributed by atoms with Crippen LogP contribution in [0, 0.1) is 0 Å². The highest BCUT2D eigenvalue weighted by Crippen LogP contribution is 2.13. The van der Waals surface area contributed by atoms with Gasteiger partial charge in [-0.3, -0.25) is 4.99 Å². The SMILES string of the molecule is C=C/C=C(/COc1ccc(Br)nc1)N=C. The van der Waals surface area contributed by atoms with Crippen LogP contribution < -0.4 is 4.74 Å². The number of allylic oxidation sites excluding steroid dienone is 2. The van der Waals surface area contributed by atoms with Crippen molar-refractivity contribution < 1.29 is 4.74 Å². The summed E-state index contributed by atoms with van der Waals surface area (Å²) in [7, 11) is 0. The summed E-state index contributed by atoms with van der Waals surface area (Å²) in [6.45, 7) is 7.37. The van der Waals surface area contributed by atoms with E-state index < -0.39 is 0 Å². The molecular formula is C11H11BrN2O. The Kier molecular flexibility index (Phi) is 4.77. The fourth-order valence-electron chi connectivity index (χ4n) is 0.887. The Labute approximate surface area is 97.3 Å². The molecule has 0 bridgehead atoms. The molecule has 0 N–H and O–H groups in total. The van der Waals surface area contributed by atoms with Crippen LogP contribution in [0.15, 0.2) is 52.4 Å². The Morgan fingerprint density at radius 3 is 2.93 bits per heavy atom. The molecule has 1 rings (SSSR count). The van der Waals surface area contributed by atoms with E-state index in [1.165, 1.54) is 0 Å². The molecule has 0 atom stereocenters. The number of pyridine rings is 1. The van der Waals surface area contributed by atoms with E-state index >= 15 is 0 Å². The van der Waals surface area contributed by atoms with E-state index in [4.69, 9.17) is 4.74 Å². The van der Waals surface area contributed by atoms with Gasteiger partial charge in [-0.25, -0.2) is 4.98 Å². The van der Waals surface area contributed by atoms with E-state index in [0.29, 0.717) is 12.4 Å². The molecule has 0 saturated heterocycles. The van der Waals surface area contributed by atoms with E-state index in [0.717, 1.165) is 10.3 Å². The number of nitrogens with zero attached hydrogens (tertiary/aromatic N) is 2. The largest absolute Gasteiger partial charge is 0.486 e. The first kappa shape index (κ1) is 11.7. The van der Waals surface area contributed by atoms with Crippen LogP contribution in [0.2, 0.25) is 0 Å². The van der Waals surface area contributed by atoms with Gasteiger partial charge < -0.3 is 4.74 Å². The molecule has 3 nitrogen and oxygen atoms in total. The van der Waals surface area contributed by atoms with Crippen molar-refractivity contribution in [2.75, 3.05) is 6.61 Å². The molecule has 0 radical (unpaired) electrons. The topological polar surface area (TPSA) is 34.5 Å². The van der Waals surface area contributed by atoms with Crippen molar-refractivity contribution in [3.05, 3.63) is 47.4 Å². The van der Waals surface area contributed by atoms with Gasteiger partial charge in [0.25, 0.3) is 0 Å². The van der Waals surface area contributed by atoms with Crippen LogP contribution in [-0.4, -0.2) is 18.3 Å². The van der Waals surface area contributed by atoms with E-state index in [9.17, 15) is 0 Å². The molecular weight excluding hydrogens is 256 g/mol. The Balaban J connectivity index is 2.56. The minimum atomic E-state index is 0.360. The number of ether oxygens (including phenoxy) is 1. The van der Waals surface area contributed by atoms with Crippen molar-refractivity contribution >= 4 is 22.6 Å². The van der Waals surface area contributed by atoms with Gasteiger partial charge in [0.2, 0.25) is 0 Å². The maximum absolute atomic E-state index is 5.43. The van der Waals surface area contributed by atoms with Crippen LogP contribution in [0.4, 0.5) is 0 Å². The lowest BCUT2D eigenvalue weighted by Crippen LogP contribution is -1.99. The second-order valence-corrected chi connectivity index (χ2v) is 3.47. The van der Waals surface area contributed by atoms with Gasteiger partial charge >= 0.3 is 0 Å². The molecule has 0 aliphatic rings. The minimum absolute atomic E-state index is 0.360. The summed E-state index contributed by atoms with van der Waals surface area (Å²) in [5.41, 5.74) is 0.730. The fraction of sp³-hybridized carbons (Fsp3) is 0.0909. The number of halogens is 1. The zero-order valence-corrected chi connectivity index (χ0v) is 9.77. The van der Waals surface area contributed by atoms with Gasteiger partial charge in [-0.1, -0.05) is 12.7 Å². The molecule has 0 spiro atoms. The third kappa shape index (κ3) is 4.08. The molecule has 15 heavy (non-hydrogen) atoms. The first-order valence-electron chi connectivity index (χ1n) is 4.29. The zero-order chi connectivity index (χ0) is 11.1. The second-order valence-electron chi connectivity index (χ2n) is 2.66. The van der Waals surface area contributed by atoms with Gasteiger partial charge in [-0.2, -0.15) is 0 Å². The van der Waals surface area contributed by atoms with E-state index in [2.05, 4.69) is 39.2 Å². The van der Waals surface area contributed by atoms with Crippen LogP contribution in [0.25, 0.3) is 0 Å². The average molecular weight is 267 g/mol. The summed E-state index contributed by atoms with van der Waals surface area (Å²) in [4.78, 5) is 7.83. The number of aliphatic imine (C=N–C) groups is 1. The van der Waals surface area contributed by atoms with E-state index in [-0.39, 0.29) is 0 Å².